The zero-order valence-electron chi connectivity index (χ0n) is 5.07. The van der Waals surface area contributed by atoms with Gasteiger partial charge in [0.1, 0.15) is 5.38 Å². The first kappa shape index (κ1) is 12.1. The summed E-state index contributed by atoms with van der Waals surface area (Å²) in [5, 5.41) is -0.935. The van der Waals surface area contributed by atoms with E-state index in [4.69, 9.17) is 11.6 Å². The van der Waals surface area contributed by atoms with Crippen molar-refractivity contribution in [2.75, 3.05) is 0 Å². The molecule has 0 bridgehead atoms. The Labute approximate surface area is 74.5 Å². The van der Waals surface area contributed by atoms with Crippen LogP contribution in [0.3, 0.4) is 0 Å². The van der Waals surface area contributed by atoms with E-state index in [1.54, 1.807) is 0 Å². The number of rotatable bonds is 2. The van der Waals surface area contributed by atoms with Crippen LogP contribution in [0.15, 0.2) is 0 Å². The van der Waals surface area contributed by atoms with Crippen molar-refractivity contribution in [1.29, 1.82) is 0 Å². The number of hydrogen-bond donors (Lipinski definition) is 0. The molecule has 0 amide bonds. The molecular weight excluding hydrogens is 235 g/mol. The van der Waals surface area contributed by atoms with Crippen molar-refractivity contribution in [3.8, 4) is 0 Å². The van der Waals surface area contributed by atoms with Gasteiger partial charge in [-0.15, -0.1) is 11.6 Å². The van der Waals surface area contributed by atoms with Gasteiger partial charge in [0.2, 0.25) is 0 Å². The third-order valence-electron chi connectivity index (χ3n) is 0.714. The molecular formula is C5H7AgClO2+. The second-order valence-electron chi connectivity index (χ2n) is 1.58. The molecule has 0 rings (SSSR count). The molecule has 0 aliphatic carbocycles. The van der Waals surface area contributed by atoms with Gasteiger partial charge in [-0.05, 0) is 13.8 Å². The van der Waals surface area contributed by atoms with Crippen LogP contribution in [0.5, 0.6) is 0 Å². The standard InChI is InChI=1S/C5H7ClO2.Ag/c1-3(7)5(6)4(2)8;/h5H,1-2H3;/q;+1. The molecule has 0 saturated heterocycles. The fraction of sp³-hybridized carbons (Fsp3) is 0.600. The average Bonchev–Trinajstić information content (AvgIpc) is 1.64. The smallest absolute Gasteiger partial charge is 0.298 e. The molecule has 0 saturated carbocycles. The minimum Gasteiger partial charge on any atom is -0.298 e. The summed E-state index contributed by atoms with van der Waals surface area (Å²) in [6.07, 6.45) is 0. The van der Waals surface area contributed by atoms with Crippen molar-refractivity contribution in [2.24, 2.45) is 0 Å². The maximum Gasteiger partial charge on any atom is 1.00 e. The zero-order valence-corrected chi connectivity index (χ0v) is 7.31. The third kappa shape index (κ3) is 4.85. The Bertz CT molecular complexity index is 110. The Morgan fingerprint density at radius 1 is 1.22 bits per heavy atom. The maximum atomic E-state index is 10.2. The number of Topliss-reactive ketones (excluding diaryl/α,β-unsaturated/α-hetero) is 2. The summed E-state index contributed by atoms with van der Waals surface area (Å²) in [5.41, 5.74) is 0. The van der Waals surface area contributed by atoms with Gasteiger partial charge in [0, 0.05) is 0 Å². The maximum absolute atomic E-state index is 10.2. The van der Waals surface area contributed by atoms with Gasteiger partial charge in [-0.25, -0.2) is 0 Å². The average molecular weight is 242 g/mol. The van der Waals surface area contributed by atoms with Gasteiger partial charge in [0.15, 0.2) is 11.6 Å². The van der Waals surface area contributed by atoms with Crippen LogP contribution in [0.25, 0.3) is 0 Å². The first-order chi connectivity index (χ1) is 3.55. The van der Waals surface area contributed by atoms with Gasteiger partial charge in [-0.2, -0.15) is 0 Å². The molecule has 0 aromatic carbocycles. The van der Waals surface area contributed by atoms with E-state index in [1.165, 1.54) is 13.8 Å². The van der Waals surface area contributed by atoms with Crippen LogP contribution in [0, 0.1) is 0 Å². The molecule has 0 N–H and O–H groups in total. The number of ketones is 2. The molecule has 0 aliphatic heterocycles. The Kier molecular flexibility index (Phi) is 6.95. The van der Waals surface area contributed by atoms with E-state index in [-0.39, 0.29) is 33.9 Å². The molecule has 9 heavy (non-hydrogen) atoms. The molecule has 0 unspecified atom stereocenters. The van der Waals surface area contributed by atoms with Crippen molar-refractivity contribution in [3.05, 3.63) is 0 Å². The van der Waals surface area contributed by atoms with Gasteiger partial charge in [0.25, 0.3) is 0 Å². The van der Waals surface area contributed by atoms with Gasteiger partial charge in [-0.1, -0.05) is 0 Å². The summed E-state index contributed by atoms with van der Waals surface area (Å²) in [4.78, 5) is 20.5. The summed E-state index contributed by atoms with van der Waals surface area (Å²) in [6.45, 7) is 2.58. The predicted octanol–water partition coefficient (Wildman–Crippen LogP) is 0.769. The van der Waals surface area contributed by atoms with Crippen molar-refractivity contribution >= 4 is 23.2 Å². The second kappa shape index (κ2) is 5.18. The summed E-state index contributed by atoms with van der Waals surface area (Å²) in [5.74, 6) is -0.585. The molecule has 0 aliphatic rings. The van der Waals surface area contributed by atoms with E-state index >= 15 is 0 Å². The van der Waals surface area contributed by atoms with E-state index in [1.807, 2.05) is 0 Å². The molecule has 0 spiro atoms. The predicted molar refractivity (Wildman–Crippen MR) is 31.0 cm³/mol. The number of hydrogen-bond acceptors (Lipinski definition) is 2. The normalized spacial score (nSPS) is 8.44. The van der Waals surface area contributed by atoms with Gasteiger partial charge in [-0.3, -0.25) is 9.59 Å². The molecule has 4 heteroatoms. The van der Waals surface area contributed by atoms with Crippen LogP contribution in [-0.2, 0) is 32.0 Å². The van der Waals surface area contributed by atoms with Crippen LogP contribution in [0.1, 0.15) is 13.8 Å². The van der Waals surface area contributed by atoms with Crippen molar-refractivity contribution in [1.82, 2.24) is 0 Å². The van der Waals surface area contributed by atoms with E-state index in [0.717, 1.165) is 0 Å². The largest absolute Gasteiger partial charge is 1.00 e. The van der Waals surface area contributed by atoms with E-state index in [9.17, 15) is 9.59 Å². The molecule has 0 fully saturated rings. The molecule has 0 aromatic heterocycles. The Hall–Kier alpha value is 0.370. The van der Waals surface area contributed by atoms with Crippen molar-refractivity contribution in [3.63, 3.8) is 0 Å². The number of carbonyl (C=O) groups excluding carboxylic acids is 2. The van der Waals surface area contributed by atoms with Crippen molar-refractivity contribution in [2.45, 2.75) is 19.2 Å². The quantitative estimate of drug-likeness (QED) is 0.407. The SMILES string of the molecule is CC(=O)C(Cl)C(C)=O.[Ag+]. The fourth-order valence-corrected chi connectivity index (χ4v) is 0.286. The minimum absolute atomic E-state index is 0. The minimum atomic E-state index is -0.935. The van der Waals surface area contributed by atoms with Crippen LogP contribution in [0.4, 0.5) is 0 Å². The Morgan fingerprint density at radius 2 is 1.44 bits per heavy atom. The van der Waals surface area contributed by atoms with Crippen LogP contribution >= 0.6 is 11.6 Å². The topological polar surface area (TPSA) is 34.1 Å². The van der Waals surface area contributed by atoms with Crippen LogP contribution in [0.2, 0.25) is 0 Å². The number of halogens is 1. The molecule has 0 heterocycles. The van der Waals surface area contributed by atoms with E-state index in [2.05, 4.69) is 0 Å². The van der Waals surface area contributed by atoms with Crippen molar-refractivity contribution < 1.29 is 32.0 Å². The van der Waals surface area contributed by atoms with E-state index in [0.29, 0.717) is 0 Å². The van der Waals surface area contributed by atoms with Crippen LogP contribution < -0.4 is 0 Å². The molecule has 0 radical (unpaired) electrons. The number of alkyl halides is 1. The molecule has 0 aromatic rings. The first-order valence-electron chi connectivity index (χ1n) is 2.20. The molecule has 56 valence electrons. The van der Waals surface area contributed by atoms with Gasteiger partial charge < -0.3 is 0 Å². The Morgan fingerprint density at radius 3 is 1.44 bits per heavy atom. The van der Waals surface area contributed by atoms with Gasteiger partial charge in [0.05, 0.1) is 0 Å². The summed E-state index contributed by atoms with van der Waals surface area (Å²) < 4.78 is 0. The molecule has 2 nitrogen and oxygen atoms in total. The number of carbonyl (C=O) groups is 2. The summed E-state index contributed by atoms with van der Waals surface area (Å²) in [6, 6.07) is 0. The van der Waals surface area contributed by atoms with E-state index < -0.39 is 5.38 Å². The fourth-order valence-electron chi connectivity index (χ4n) is 0.286. The summed E-state index contributed by atoms with van der Waals surface area (Å²) in [7, 11) is 0. The second-order valence-corrected chi connectivity index (χ2v) is 2.02. The molecule has 0 atom stereocenters. The van der Waals surface area contributed by atoms with Gasteiger partial charge >= 0.3 is 22.4 Å². The summed E-state index contributed by atoms with van der Waals surface area (Å²) >= 11 is 5.25. The Balaban J connectivity index is 0. The monoisotopic (exact) mass is 241 g/mol. The first-order valence-corrected chi connectivity index (χ1v) is 2.64. The third-order valence-corrected chi connectivity index (χ3v) is 1.33. The zero-order chi connectivity index (χ0) is 6.73. The van der Waals surface area contributed by atoms with Crippen LogP contribution in [-0.4, -0.2) is 16.9 Å².